The number of nitrogens with zero attached hydrogens (tertiary/aromatic N) is 1. The molecule has 0 atom stereocenters. The molecule has 19 heavy (non-hydrogen) atoms. The van der Waals surface area contributed by atoms with Crippen LogP contribution in [0.5, 0.6) is 0 Å². The highest BCUT2D eigenvalue weighted by Crippen LogP contribution is 2.23. The predicted octanol–water partition coefficient (Wildman–Crippen LogP) is 3.41. The van der Waals surface area contributed by atoms with Crippen LogP contribution in [0.2, 0.25) is 0 Å². The van der Waals surface area contributed by atoms with Crippen LogP contribution in [-0.4, -0.2) is 12.0 Å². The third-order valence-corrected chi connectivity index (χ3v) is 3.48. The summed E-state index contributed by atoms with van der Waals surface area (Å²) in [6.07, 6.45) is 0. The number of hydrogen-bond donors (Lipinski definition) is 1. The van der Waals surface area contributed by atoms with Gasteiger partial charge >= 0.3 is 5.00 Å². The van der Waals surface area contributed by atoms with Crippen molar-refractivity contribution in [3.63, 3.8) is 0 Å². The van der Waals surface area contributed by atoms with E-state index in [9.17, 15) is 10.1 Å². The molecule has 2 rings (SSSR count). The number of benzene rings is 1. The molecule has 1 aromatic heterocycles. The van der Waals surface area contributed by atoms with Gasteiger partial charge in [0, 0.05) is 30.8 Å². The van der Waals surface area contributed by atoms with Crippen LogP contribution in [0.1, 0.15) is 11.1 Å². The van der Waals surface area contributed by atoms with Crippen LogP contribution in [0.15, 0.2) is 35.7 Å². The Hall–Kier alpha value is -1.92. The van der Waals surface area contributed by atoms with Gasteiger partial charge in [-0.15, -0.1) is 0 Å². The van der Waals surface area contributed by atoms with E-state index in [1.54, 1.807) is 18.6 Å². The number of thiophene rings is 1. The molecular formula is C13H14N2O3S. The Bertz CT molecular complexity index is 569. The standard InChI is InChI=1S/C13H14N2O3S/c1-18-8-10-3-2-4-12(5-10)14-7-11-6-13(15(16)17)19-9-11/h2-6,9,14H,7-8H2,1H3. The van der Waals surface area contributed by atoms with Crippen molar-refractivity contribution in [1.82, 2.24) is 0 Å². The van der Waals surface area contributed by atoms with E-state index in [1.165, 1.54) is 0 Å². The summed E-state index contributed by atoms with van der Waals surface area (Å²) < 4.78 is 5.07. The SMILES string of the molecule is COCc1cccc(NCc2csc([N+](=O)[O-])c2)c1. The molecule has 6 heteroatoms. The number of methoxy groups -OCH3 is 1. The molecular weight excluding hydrogens is 264 g/mol. The molecule has 5 nitrogen and oxygen atoms in total. The summed E-state index contributed by atoms with van der Waals surface area (Å²) in [7, 11) is 1.66. The first-order valence-corrected chi connectivity index (χ1v) is 6.60. The Morgan fingerprint density at radius 1 is 1.37 bits per heavy atom. The van der Waals surface area contributed by atoms with Gasteiger partial charge in [0.2, 0.25) is 0 Å². The fourth-order valence-corrected chi connectivity index (χ4v) is 2.42. The lowest BCUT2D eigenvalue weighted by molar-refractivity contribution is -0.380. The molecule has 0 saturated carbocycles. The number of ether oxygens (including phenoxy) is 1. The van der Waals surface area contributed by atoms with E-state index in [4.69, 9.17) is 4.74 Å². The monoisotopic (exact) mass is 278 g/mol. The summed E-state index contributed by atoms with van der Waals surface area (Å²) in [4.78, 5) is 10.2. The second-order valence-electron chi connectivity index (χ2n) is 4.04. The molecule has 0 aliphatic heterocycles. The molecule has 0 fully saturated rings. The number of nitrogens with one attached hydrogen (secondary N) is 1. The Kier molecular flexibility index (Phi) is 4.48. The van der Waals surface area contributed by atoms with Gasteiger partial charge in [-0.25, -0.2) is 0 Å². The van der Waals surface area contributed by atoms with Gasteiger partial charge in [-0.2, -0.15) is 0 Å². The van der Waals surface area contributed by atoms with E-state index in [0.29, 0.717) is 13.2 Å². The van der Waals surface area contributed by atoms with Crippen LogP contribution in [0.3, 0.4) is 0 Å². The summed E-state index contributed by atoms with van der Waals surface area (Å²) in [6.45, 7) is 1.14. The van der Waals surface area contributed by atoms with Crippen molar-refractivity contribution >= 4 is 22.0 Å². The topological polar surface area (TPSA) is 64.4 Å². The highest BCUT2D eigenvalue weighted by molar-refractivity contribution is 7.13. The van der Waals surface area contributed by atoms with E-state index in [1.807, 2.05) is 24.3 Å². The van der Waals surface area contributed by atoms with Gasteiger partial charge in [-0.3, -0.25) is 10.1 Å². The smallest absolute Gasteiger partial charge is 0.324 e. The minimum absolute atomic E-state index is 0.171. The van der Waals surface area contributed by atoms with Crippen molar-refractivity contribution in [2.24, 2.45) is 0 Å². The number of anilines is 1. The van der Waals surface area contributed by atoms with Gasteiger partial charge in [0.05, 0.1) is 11.5 Å². The lowest BCUT2D eigenvalue weighted by atomic mass is 10.2. The predicted molar refractivity (Wildman–Crippen MR) is 75.5 cm³/mol. The van der Waals surface area contributed by atoms with Crippen LogP contribution in [0.25, 0.3) is 0 Å². The van der Waals surface area contributed by atoms with Gasteiger partial charge < -0.3 is 10.1 Å². The Balaban J connectivity index is 1.97. The highest BCUT2D eigenvalue weighted by Gasteiger charge is 2.09. The van der Waals surface area contributed by atoms with E-state index < -0.39 is 0 Å². The van der Waals surface area contributed by atoms with Crippen molar-refractivity contribution in [3.05, 3.63) is 57.0 Å². The van der Waals surface area contributed by atoms with E-state index >= 15 is 0 Å². The number of hydrogen-bond acceptors (Lipinski definition) is 5. The van der Waals surface area contributed by atoms with Crippen molar-refractivity contribution < 1.29 is 9.66 Å². The fourth-order valence-electron chi connectivity index (χ4n) is 1.69. The van der Waals surface area contributed by atoms with Crippen molar-refractivity contribution in [2.75, 3.05) is 12.4 Å². The summed E-state index contributed by atoms with van der Waals surface area (Å²) in [5.41, 5.74) is 2.97. The maximum atomic E-state index is 10.6. The molecule has 0 bridgehead atoms. The highest BCUT2D eigenvalue weighted by atomic mass is 32.1. The number of nitro groups is 1. The average Bonchev–Trinajstić information content (AvgIpc) is 2.86. The molecule has 100 valence electrons. The molecule has 0 unspecified atom stereocenters. The summed E-state index contributed by atoms with van der Waals surface area (Å²) in [6, 6.07) is 9.50. The fraction of sp³-hybridized carbons (Fsp3) is 0.231. The van der Waals surface area contributed by atoms with Gasteiger partial charge in [0.25, 0.3) is 0 Å². The first kappa shape index (κ1) is 13.5. The lowest BCUT2D eigenvalue weighted by Gasteiger charge is -2.07. The molecule has 0 aliphatic rings. The molecule has 0 amide bonds. The second kappa shape index (κ2) is 6.31. The van der Waals surface area contributed by atoms with Crippen molar-refractivity contribution in [1.29, 1.82) is 0 Å². The quantitative estimate of drug-likeness (QED) is 0.649. The van der Waals surface area contributed by atoms with Crippen molar-refractivity contribution in [3.8, 4) is 0 Å². The lowest BCUT2D eigenvalue weighted by Crippen LogP contribution is -1.99. The van der Waals surface area contributed by atoms with Crippen LogP contribution in [-0.2, 0) is 17.9 Å². The maximum absolute atomic E-state index is 10.6. The molecule has 1 N–H and O–H groups in total. The zero-order valence-electron chi connectivity index (χ0n) is 10.5. The van der Waals surface area contributed by atoms with Gasteiger partial charge in [-0.05, 0) is 23.3 Å². The first-order valence-electron chi connectivity index (χ1n) is 5.72. The molecule has 0 saturated heterocycles. The van der Waals surface area contributed by atoms with E-state index in [-0.39, 0.29) is 9.92 Å². The largest absolute Gasteiger partial charge is 0.381 e. The third-order valence-electron chi connectivity index (χ3n) is 2.55. The van der Waals surface area contributed by atoms with Gasteiger partial charge in [-0.1, -0.05) is 23.5 Å². The molecule has 0 radical (unpaired) electrons. The Morgan fingerprint density at radius 2 is 2.21 bits per heavy atom. The summed E-state index contributed by atoms with van der Waals surface area (Å²) in [5, 5.41) is 15.8. The Labute approximate surface area is 115 Å². The van der Waals surface area contributed by atoms with Crippen LogP contribution >= 0.6 is 11.3 Å². The molecule has 1 heterocycles. The van der Waals surface area contributed by atoms with Gasteiger partial charge in [0.15, 0.2) is 0 Å². The molecule has 1 aromatic carbocycles. The maximum Gasteiger partial charge on any atom is 0.324 e. The molecule has 0 aliphatic carbocycles. The van der Waals surface area contributed by atoms with E-state index in [0.717, 1.165) is 28.2 Å². The molecule has 0 spiro atoms. The minimum Gasteiger partial charge on any atom is -0.381 e. The number of rotatable bonds is 6. The second-order valence-corrected chi connectivity index (χ2v) is 4.93. The molecule has 2 aromatic rings. The van der Waals surface area contributed by atoms with Gasteiger partial charge in [0.1, 0.15) is 0 Å². The normalized spacial score (nSPS) is 10.4. The van der Waals surface area contributed by atoms with Crippen LogP contribution < -0.4 is 5.32 Å². The third kappa shape index (κ3) is 3.77. The van der Waals surface area contributed by atoms with Crippen LogP contribution in [0, 0.1) is 10.1 Å². The first-order chi connectivity index (χ1) is 9.19. The zero-order chi connectivity index (χ0) is 13.7. The van der Waals surface area contributed by atoms with E-state index in [2.05, 4.69) is 5.32 Å². The zero-order valence-corrected chi connectivity index (χ0v) is 11.3. The summed E-state index contributed by atoms with van der Waals surface area (Å²) >= 11 is 1.14. The summed E-state index contributed by atoms with van der Waals surface area (Å²) in [5.74, 6) is 0. The van der Waals surface area contributed by atoms with Crippen molar-refractivity contribution in [2.45, 2.75) is 13.2 Å². The van der Waals surface area contributed by atoms with Crippen LogP contribution in [0.4, 0.5) is 10.7 Å². The average molecular weight is 278 g/mol. The Morgan fingerprint density at radius 3 is 2.89 bits per heavy atom. The minimum atomic E-state index is -0.368.